The van der Waals surface area contributed by atoms with Crippen molar-refractivity contribution in [1.82, 2.24) is 5.32 Å². The Morgan fingerprint density at radius 3 is 2.52 bits per heavy atom. The summed E-state index contributed by atoms with van der Waals surface area (Å²) in [5, 5.41) is 3.40. The summed E-state index contributed by atoms with van der Waals surface area (Å²) in [5.74, 6) is 0. The highest BCUT2D eigenvalue weighted by atomic mass is 19.1. The molecule has 6 heteroatoms. The van der Waals surface area contributed by atoms with Crippen LogP contribution in [0.3, 0.4) is 0 Å². The summed E-state index contributed by atoms with van der Waals surface area (Å²) in [7, 11) is -0.984. The van der Waals surface area contributed by atoms with E-state index in [1.54, 1.807) is 0 Å². The normalized spacial score (nSPS) is 25.4. The molecule has 4 nitrogen and oxygen atoms in total. The van der Waals surface area contributed by atoms with Crippen LogP contribution >= 0.6 is 0 Å². The predicted octanol–water partition coefficient (Wildman–Crippen LogP) is 4.09. The molecule has 0 spiro atoms. The molecule has 3 aliphatic rings. The molecule has 1 N–H and O–H groups in total. The van der Waals surface area contributed by atoms with E-state index in [9.17, 15) is 0 Å². The molecule has 27 heavy (non-hydrogen) atoms. The lowest BCUT2D eigenvalue weighted by Gasteiger charge is -2.39. The minimum Gasteiger partial charge on any atom is -0.398 e. The van der Waals surface area contributed by atoms with E-state index < -0.39 is 18.3 Å². The first-order chi connectivity index (χ1) is 12.8. The van der Waals surface area contributed by atoms with Crippen molar-refractivity contribution in [3.05, 3.63) is 46.8 Å². The molecule has 3 aliphatic heterocycles. The highest BCUT2D eigenvalue weighted by Gasteiger charge is 2.54. The van der Waals surface area contributed by atoms with Crippen molar-refractivity contribution >= 4 is 18.4 Å². The van der Waals surface area contributed by atoms with Gasteiger partial charge >= 0.3 is 7.12 Å². The van der Waals surface area contributed by atoms with Gasteiger partial charge < -0.3 is 19.5 Å². The van der Waals surface area contributed by atoms with Crippen molar-refractivity contribution in [1.29, 1.82) is 0 Å². The van der Waals surface area contributed by atoms with Crippen LogP contribution < -0.4 is 10.2 Å². The van der Waals surface area contributed by atoms with E-state index in [-0.39, 0.29) is 5.73 Å². The molecule has 0 unspecified atom stereocenters. The molecule has 1 aromatic carbocycles. The Morgan fingerprint density at radius 2 is 1.85 bits per heavy atom. The number of fused-ring (bicyclic) bond motifs is 1. The van der Waals surface area contributed by atoms with Crippen molar-refractivity contribution in [2.45, 2.75) is 52.2 Å². The van der Waals surface area contributed by atoms with Crippen molar-refractivity contribution in [3.8, 4) is 0 Å². The number of halogens is 1. The van der Waals surface area contributed by atoms with Crippen molar-refractivity contribution in [2.24, 2.45) is 0 Å². The van der Waals surface area contributed by atoms with Crippen LogP contribution in [-0.4, -0.2) is 38.0 Å². The third kappa shape index (κ3) is 2.86. The van der Waals surface area contributed by atoms with Gasteiger partial charge in [-0.15, -0.1) is 0 Å². The van der Waals surface area contributed by atoms with Gasteiger partial charge in [0.2, 0.25) is 0 Å². The average Bonchev–Trinajstić information content (AvgIpc) is 2.86. The van der Waals surface area contributed by atoms with Crippen LogP contribution in [0.5, 0.6) is 0 Å². The minimum atomic E-state index is -0.984. The molecule has 0 saturated carbocycles. The minimum absolute atomic E-state index is 0.326. The number of nitrogens with one attached hydrogen (secondary N) is 1. The summed E-state index contributed by atoms with van der Waals surface area (Å²) < 4.78 is 27.9. The summed E-state index contributed by atoms with van der Waals surface area (Å²) in [6.07, 6.45) is 0.887. The van der Waals surface area contributed by atoms with Gasteiger partial charge in [0.25, 0.3) is 0 Å². The van der Waals surface area contributed by atoms with Gasteiger partial charge in [-0.05, 0) is 46.3 Å². The maximum absolute atomic E-state index is 15.9. The second-order valence-corrected chi connectivity index (χ2v) is 8.42. The van der Waals surface area contributed by atoms with E-state index >= 15 is 4.39 Å². The summed E-state index contributed by atoms with van der Waals surface area (Å²) in [4.78, 5) is 2.31. The van der Waals surface area contributed by atoms with E-state index in [1.807, 2.05) is 45.9 Å². The highest BCUT2D eigenvalue weighted by molar-refractivity contribution is 6.55. The lowest BCUT2D eigenvalue weighted by molar-refractivity contribution is 0.00578. The molecular weight excluding hydrogens is 342 g/mol. The van der Waals surface area contributed by atoms with Gasteiger partial charge in [0.15, 0.2) is 0 Å². The molecule has 1 saturated heterocycles. The van der Waals surface area contributed by atoms with Crippen molar-refractivity contribution in [3.63, 3.8) is 0 Å². The molecule has 3 heterocycles. The van der Waals surface area contributed by atoms with Crippen molar-refractivity contribution in [2.75, 3.05) is 24.5 Å². The monoisotopic (exact) mass is 370 g/mol. The molecule has 144 valence electrons. The number of para-hydroxylation sites is 1. The standard InChI is InChI=1S/C21H28BFN2O2/c1-6-25-16-10-8-7-9-14(16)18(15-13-24-12-11-17(15)25)19(23)22-26-20(2,3)21(4,5)27-22/h7-10,24H,6,11-13H2,1-5H3. The Kier molecular flexibility index (Phi) is 4.49. The largest absolute Gasteiger partial charge is 0.525 e. The second kappa shape index (κ2) is 6.47. The number of rotatable bonds is 2. The van der Waals surface area contributed by atoms with E-state index in [1.165, 1.54) is 5.70 Å². The zero-order valence-corrected chi connectivity index (χ0v) is 16.9. The number of hydrogen-bond acceptors (Lipinski definition) is 4. The predicted molar refractivity (Wildman–Crippen MR) is 108 cm³/mol. The zero-order chi connectivity index (χ0) is 19.4. The Bertz CT molecular complexity index is 815. The first kappa shape index (κ1) is 18.7. The van der Waals surface area contributed by atoms with Gasteiger partial charge in [-0.3, -0.25) is 0 Å². The number of hydrogen-bond donors (Lipinski definition) is 1. The van der Waals surface area contributed by atoms with E-state index in [0.29, 0.717) is 12.1 Å². The number of benzene rings is 1. The molecule has 1 aromatic rings. The Hall–Kier alpha value is -1.63. The van der Waals surface area contributed by atoms with Gasteiger partial charge in [-0.1, -0.05) is 18.2 Å². The molecular formula is C21H28BFN2O2. The smallest absolute Gasteiger partial charge is 0.398 e. The summed E-state index contributed by atoms with van der Waals surface area (Å²) >= 11 is 0. The molecule has 0 aromatic heterocycles. The Morgan fingerprint density at radius 1 is 1.19 bits per heavy atom. The van der Waals surface area contributed by atoms with Gasteiger partial charge in [0.1, 0.15) is 5.73 Å². The Balaban J connectivity index is 1.88. The fraction of sp³-hybridized carbons (Fsp3) is 0.524. The van der Waals surface area contributed by atoms with Crippen LogP contribution in [0, 0.1) is 0 Å². The molecule has 0 amide bonds. The van der Waals surface area contributed by atoms with Gasteiger partial charge in [-0.2, -0.15) is 0 Å². The molecule has 0 aliphatic carbocycles. The fourth-order valence-corrected chi connectivity index (χ4v) is 4.13. The number of anilines is 1. The third-order valence-corrected chi connectivity index (χ3v) is 6.30. The van der Waals surface area contributed by atoms with Crippen LogP contribution in [0.15, 0.2) is 41.3 Å². The first-order valence-corrected chi connectivity index (χ1v) is 9.82. The van der Waals surface area contributed by atoms with E-state index in [4.69, 9.17) is 9.31 Å². The van der Waals surface area contributed by atoms with Crippen LogP contribution in [0.2, 0.25) is 0 Å². The van der Waals surface area contributed by atoms with Gasteiger partial charge in [0, 0.05) is 48.6 Å². The molecule has 0 radical (unpaired) electrons. The molecule has 0 atom stereocenters. The second-order valence-electron chi connectivity index (χ2n) is 8.42. The fourth-order valence-electron chi connectivity index (χ4n) is 4.13. The maximum atomic E-state index is 15.9. The van der Waals surface area contributed by atoms with Crippen LogP contribution in [0.25, 0.3) is 5.57 Å². The summed E-state index contributed by atoms with van der Waals surface area (Å²) in [6, 6.07) is 8.04. The number of nitrogens with zero attached hydrogens (tertiary/aromatic N) is 1. The van der Waals surface area contributed by atoms with Gasteiger partial charge in [0.05, 0.1) is 11.2 Å². The summed E-state index contributed by atoms with van der Waals surface area (Å²) in [5.41, 5.74) is 3.37. The maximum Gasteiger partial charge on any atom is 0.525 e. The van der Waals surface area contributed by atoms with Gasteiger partial charge in [-0.25, -0.2) is 4.39 Å². The van der Waals surface area contributed by atoms with E-state index in [0.717, 1.165) is 36.3 Å². The quantitative estimate of drug-likeness (QED) is 0.796. The van der Waals surface area contributed by atoms with Crippen LogP contribution in [0.4, 0.5) is 10.1 Å². The highest BCUT2D eigenvalue weighted by Crippen LogP contribution is 2.46. The summed E-state index contributed by atoms with van der Waals surface area (Å²) in [6.45, 7) is 12.4. The lowest BCUT2D eigenvalue weighted by atomic mass is 9.77. The third-order valence-electron chi connectivity index (χ3n) is 6.30. The average molecular weight is 370 g/mol. The lowest BCUT2D eigenvalue weighted by Crippen LogP contribution is -2.41. The molecule has 0 bridgehead atoms. The topological polar surface area (TPSA) is 33.7 Å². The first-order valence-electron chi connectivity index (χ1n) is 9.82. The van der Waals surface area contributed by atoms with Crippen molar-refractivity contribution < 1.29 is 13.7 Å². The molecule has 1 fully saturated rings. The van der Waals surface area contributed by atoms with Crippen LogP contribution in [-0.2, 0) is 9.31 Å². The Labute approximate surface area is 161 Å². The SMILES string of the molecule is CCN1C2=C(CNCC2)C(=C(F)B2OC(C)(C)C(C)(C)O2)c2ccccc21. The van der Waals surface area contributed by atoms with Crippen LogP contribution in [0.1, 0.15) is 46.6 Å². The molecule has 4 rings (SSSR count). The van der Waals surface area contributed by atoms with E-state index in [2.05, 4.69) is 23.2 Å². The zero-order valence-electron chi connectivity index (χ0n) is 16.9.